The largest absolute Gasteiger partial charge is 0.331 e. The van der Waals surface area contributed by atoms with Crippen LogP contribution in [0.25, 0.3) is 0 Å². The van der Waals surface area contributed by atoms with Crippen molar-refractivity contribution in [3.63, 3.8) is 0 Å². The molecule has 1 fully saturated rings. The van der Waals surface area contributed by atoms with Crippen LogP contribution in [0.15, 0.2) is 12.4 Å². The third-order valence-corrected chi connectivity index (χ3v) is 5.20. The maximum Gasteiger partial charge on any atom is 0.147 e. The van der Waals surface area contributed by atoms with Crippen LogP contribution in [-0.2, 0) is 16.4 Å². The molecule has 1 aliphatic rings. The maximum absolute atomic E-state index is 11.4. The van der Waals surface area contributed by atoms with Gasteiger partial charge in [0.2, 0.25) is 0 Å². The normalized spacial score (nSPS) is 21.0. The first-order chi connectivity index (χ1) is 9.87. The van der Waals surface area contributed by atoms with Crippen molar-refractivity contribution < 1.29 is 8.42 Å². The number of hydrogen-bond acceptors (Lipinski definition) is 4. The van der Waals surface area contributed by atoms with Gasteiger partial charge in [-0.15, -0.1) is 0 Å². The van der Waals surface area contributed by atoms with Crippen LogP contribution in [0.3, 0.4) is 0 Å². The van der Waals surface area contributed by atoms with Gasteiger partial charge in [-0.2, -0.15) is 0 Å². The zero-order chi connectivity index (χ0) is 15.5. The second-order valence-electron chi connectivity index (χ2n) is 6.38. The van der Waals surface area contributed by atoms with E-state index >= 15 is 0 Å². The maximum atomic E-state index is 11.4. The van der Waals surface area contributed by atoms with E-state index in [1.165, 1.54) is 19.1 Å². The van der Waals surface area contributed by atoms with E-state index in [0.717, 1.165) is 31.8 Å². The average molecular weight is 313 g/mol. The van der Waals surface area contributed by atoms with Crippen molar-refractivity contribution in [3.05, 3.63) is 18.2 Å². The van der Waals surface area contributed by atoms with Crippen molar-refractivity contribution in [2.24, 2.45) is 0 Å². The van der Waals surface area contributed by atoms with Crippen LogP contribution < -0.4 is 0 Å². The minimum absolute atomic E-state index is 0.285. The van der Waals surface area contributed by atoms with Crippen LogP contribution >= 0.6 is 0 Å². The molecule has 1 saturated heterocycles. The summed E-state index contributed by atoms with van der Waals surface area (Å²) in [4.78, 5) is 6.89. The Bertz CT molecular complexity index is 551. The molecule has 0 N–H and O–H groups in total. The molecule has 6 heteroatoms. The Morgan fingerprint density at radius 1 is 1.38 bits per heavy atom. The van der Waals surface area contributed by atoms with Gasteiger partial charge in [0.15, 0.2) is 0 Å². The van der Waals surface area contributed by atoms with Gasteiger partial charge in [-0.3, -0.25) is 4.90 Å². The lowest BCUT2D eigenvalue weighted by Crippen LogP contribution is -2.40. The Balaban J connectivity index is 2.03. The molecule has 1 aromatic heterocycles. The molecule has 0 amide bonds. The predicted octanol–water partition coefficient (Wildman–Crippen LogP) is 2.25. The van der Waals surface area contributed by atoms with Gasteiger partial charge in [-0.05, 0) is 39.7 Å². The highest BCUT2D eigenvalue weighted by Crippen LogP contribution is 2.22. The number of imidazole rings is 1. The standard InChI is InChI=1S/C15H27N3O2S/c1-13(2)18-10-8-16-15(18)12-17-9-5-4-6-14(17)7-11-21(3,19)20/h8,10,13-14H,4-7,9,11-12H2,1-3H3. The van der Waals surface area contributed by atoms with Crippen LogP contribution in [0.1, 0.15) is 51.4 Å². The number of hydrogen-bond donors (Lipinski definition) is 0. The molecular formula is C15H27N3O2S. The van der Waals surface area contributed by atoms with Gasteiger partial charge in [0, 0.05) is 30.7 Å². The van der Waals surface area contributed by atoms with Crippen LogP contribution in [0.5, 0.6) is 0 Å². The summed E-state index contributed by atoms with van der Waals surface area (Å²) in [5.74, 6) is 1.36. The van der Waals surface area contributed by atoms with E-state index < -0.39 is 9.84 Å². The molecule has 120 valence electrons. The Labute approximate surface area is 128 Å². The fourth-order valence-corrected chi connectivity index (χ4v) is 3.76. The molecule has 2 heterocycles. The molecular weight excluding hydrogens is 286 g/mol. The van der Waals surface area contributed by atoms with Crippen molar-refractivity contribution in [3.8, 4) is 0 Å². The molecule has 1 atom stereocenters. The average Bonchev–Trinajstić information content (AvgIpc) is 2.85. The predicted molar refractivity (Wildman–Crippen MR) is 85.0 cm³/mol. The zero-order valence-corrected chi connectivity index (χ0v) is 14.1. The summed E-state index contributed by atoms with van der Waals surface area (Å²) >= 11 is 0. The van der Waals surface area contributed by atoms with Gasteiger partial charge in [0.25, 0.3) is 0 Å². The SMILES string of the molecule is CC(C)n1ccnc1CN1CCCCC1CCS(C)(=O)=O. The highest BCUT2D eigenvalue weighted by atomic mass is 32.2. The van der Waals surface area contributed by atoms with Gasteiger partial charge in [0.05, 0.1) is 12.3 Å². The molecule has 0 radical (unpaired) electrons. The molecule has 0 aromatic carbocycles. The van der Waals surface area contributed by atoms with E-state index in [9.17, 15) is 8.42 Å². The smallest absolute Gasteiger partial charge is 0.147 e. The summed E-state index contributed by atoms with van der Waals surface area (Å²) in [7, 11) is -2.88. The molecule has 0 spiro atoms. The fourth-order valence-electron chi connectivity index (χ4n) is 3.06. The molecule has 2 rings (SSSR count). The Morgan fingerprint density at radius 3 is 2.81 bits per heavy atom. The minimum Gasteiger partial charge on any atom is -0.331 e. The van der Waals surface area contributed by atoms with Crippen LogP contribution in [0.2, 0.25) is 0 Å². The van der Waals surface area contributed by atoms with Crippen molar-refractivity contribution in [2.45, 2.75) is 58.2 Å². The highest BCUT2D eigenvalue weighted by Gasteiger charge is 2.24. The quantitative estimate of drug-likeness (QED) is 0.808. The molecule has 21 heavy (non-hydrogen) atoms. The first-order valence-electron chi connectivity index (χ1n) is 7.80. The Morgan fingerprint density at radius 2 is 2.14 bits per heavy atom. The van der Waals surface area contributed by atoms with E-state index in [2.05, 4.69) is 28.3 Å². The van der Waals surface area contributed by atoms with Gasteiger partial charge >= 0.3 is 0 Å². The first-order valence-corrected chi connectivity index (χ1v) is 9.86. The number of rotatable bonds is 6. The Kier molecular flexibility index (Phi) is 5.43. The van der Waals surface area contributed by atoms with Gasteiger partial charge in [-0.25, -0.2) is 13.4 Å². The minimum atomic E-state index is -2.88. The van der Waals surface area contributed by atoms with Gasteiger partial charge < -0.3 is 4.57 Å². The summed E-state index contributed by atoms with van der Waals surface area (Å²) in [5.41, 5.74) is 0. The second kappa shape index (κ2) is 6.92. The molecule has 0 aliphatic carbocycles. The van der Waals surface area contributed by atoms with E-state index in [0.29, 0.717) is 12.1 Å². The topological polar surface area (TPSA) is 55.2 Å². The molecule has 0 saturated carbocycles. The van der Waals surface area contributed by atoms with Crippen LogP contribution in [0, 0.1) is 0 Å². The lowest BCUT2D eigenvalue weighted by molar-refractivity contribution is 0.131. The van der Waals surface area contributed by atoms with Crippen LogP contribution in [-0.4, -0.2) is 47.5 Å². The van der Waals surface area contributed by atoms with E-state index in [-0.39, 0.29) is 5.75 Å². The van der Waals surface area contributed by atoms with Crippen molar-refractivity contribution >= 4 is 9.84 Å². The molecule has 5 nitrogen and oxygen atoms in total. The van der Waals surface area contributed by atoms with E-state index in [1.54, 1.807) is 0 Å². The third kappa shape index (κ3) is 4.81. The summed E-state index contributed by atoms with van der Waals surface area (Å²) < 4.78 is 25.0. The highest BCUT2D eigenvalue weighted by molar-refractivity contribution is 7.90. The summed E-state index contributed by atoms with van der Waals surface area (Å²) in [6.07, 6.45) is 9.42. The van der Waals surface area contributed by atoms with Gasteiger partial charge in [0.1, 0.15) is 15.7 Å². The number of aromatic nitrogens is 2. The second-order valence-corrected chi connectivity index (χ2v) is 8.64. The van der Waals surface area contributed by atoms with Crippen molar-refractivity contribution in [1.82, 2.24) is 14.5 Å². The Hall–Kier alpha value is -0.880. The van der Waals surface area contributed by atoms with E-state index in [1.807, 2.05) is 12.4 Å². The van der Waals surface area contributed by atoms with E-state index in [4.69, 9.17) is 0 Å². The van der Waals surface area contributed by atoms with Crippen molar-refractivity contribution in [1.29, 1.82) is 0 Å². The molecule has 1 unspecified atom stereocenters. The number of likely N-dealkylation sites (tertiary alicyclic amines) is 1. The fraction of sp³-hybridized carbons (Fsp3) is 0.800. The monoisotopic (exact) mass is 313 g/mol. The summed E-state index contributed by atoms with van der Waals surface area (Å²) in [6.45, 7) is 6.17. The summed E-state index contributed by atoms with van der Waals surface area (Å²) in [5, 5.41) is 0. The molecule has 1 aromatic rings. The van der Waals surface area contributed by atoms with Crippen molar-refractivity contribution in [2.75, 3.05) is 18.6 Å². The lowest BCUT2D eigenvalue weighted by Gasteiger charge is -2.35. The number of piperidine rings is 1. The third-order valence-electron chi connectivity index (χ3n) is 4.22. The first kappa shape index (κ1) is 16.5. The summed E-state index contributed by atoms with van der Waals surface area (Å²) in [6, 6.07) is 0.771. The molecule has 1 aliphatic heterocycles. The zero-order valence-electron chi connectivity index (χ0n) is 13.3. The number of sulfone groups is 1. The van der Waals surface area contributed by atoms with Crippen LogP contribution in [0.4, 0.5) is 0 Å². The molecule has 0 bridgehead atoms. The lowest BCUT2D eigenvalue weighted by atomic mass is 10.00. The van der Waals surface area contributed by atoms with Gasteiger partial charge in [-0.1, -0.05) is 6.42 Å². The number of nitrogens with zero attached hydrogens (tertiary/aromatic N) is 3.